The van der Waals surface area contributed by atoms with Gasteiger partial charge in [-0.05, 0) is 12.1 Å². The van der Waals surface area contributed by atoms with E-state index in [0.29, 0.717) is 0 Å². The highest BCUT2D eigenvalue weighted by Crippen LogP contribution is 2.40. The highest BCUT2D eigenvalue weighted by molar-refractivity contribution is 6.52. The predicted molar refractivity (Wildman–Crippen MR) is 49.2 cm³/mol. The molecule has 16 heavy (non-hydrogen) atoms. The van der Waals surface area contributed by atoms with E-state index in [1.165, 1.54) is 6.07 Å². The molecule has 1 heterocycles. The van der Waals surface area contributed by atoms with Gasteiger partial charge in [0.25, 0.3) is 11.7 Å². The van der Waals surface area contributed by atoms with Crippen LogP contribution in [0.25, 0.3) is 0 Å². The fourth-order valence-electron chi connectivity index (χ4n) is 1.69. The minimum Gasteiger partial charge on any atom is -0.307 e. The van der Waals surface area contributed by atoms with Crippen LogP contribution in [0.1, 0.15) is 15.9 Å². The van der Waals surface area contributed by atoms with Gasteiger partial charge in [0.15, 0.2) is 0 Å². The summed E-state index contributed by atoms with van der Waals surface area (Å²) in [6.45, 7) is 0. The SMILES string of the molecule is CN1C(=O)C(=O)c2cccc(C(F)(F)F)c21. The molecular formula is C10H6F3NO2. The van der Waals surface area contributed by atoms with Crippen molar-refractivity contribution in [2.75, 3.05) is 11.9 Å². The second kappa shape index (κ2) is 3.07. The van der Waals surface area contributed by atoms with Gasteiger partial charge in [0, 0.05) is 7.05 Å². The Kier molecular flexibility index (Phi) is 2.04. The van der Waals surface area contributed by atoms with Crippen LogP contribution in [0.2, 0.25) is 0 Å². The topological polar surface area (TPSA) is 37.4 Å². The molecule has 0 aromatic heterocycles. The number of alkyl halides is 3. The zero-order chi connectivity index (χ0) is 12.1. The average molecular weight is 229 g/mol. The molecule has 0 spiro atoms. The number of carbonyl (C=O) groups excluding carboxylic acids is 2. The summed E-state index contributed by atoms with van der Waals surface area (Å²) in [6, 6.07) is 3.18. The molecule has 0 atom stereocenters. The van der Waals surface area contributed by atoms with Gasteiger partial charge in [-0.1, -0.05) is 6.07 Å². The van der Waals surface area contributed by atoms with E-state index in [4.69, 9.17) is 0 Å². The number of carbonyl (C=O) groups is 2. The summed E-state index contributed by atoms with van der Waals surface area (Å²) in [5.74, 6) is -1.84. The Labute approximate surface area is 88.5 Å². The lowest BCUT2D eigenvalue weighted by atomic mass is 10.1. The van der Waals surface area contributed by atoms with E-state index in [2.05, 4.69) is 0 Å². The highest BCUT2D eigenvalue weighted by Gasteiger charge is 2.42. The Bertz CT molecular complexity index is 493. The Balaban J connectivity index is 2.72. The van der Waals surface area contributed by atoms with Crippen LogP contribution in [0.5, 0.6) is 0 Å². The molecule has 1 aliphatic rings. The molecule has 0 saturated carbocycles. The van der Waals surface area contributed by atoms with Gasteiger partial charge < -0.3 is 4.90 Å². The Morgan fingerprint density at radius 3 is 2.38 bits per heavy atom. The Morgan fingerprint density at radius 1 is 1.19 bits per heavy atom. The number of hydrogen-bond acceptors (Lipinski definition) is 2. The van der Waals surface area contributed by atoms with Crippen LogP contribution in [0.15, 0.2) is 18.2 Å². The van der Waals surface area contributed by atoms with Gasteiger partial charge in [0.05, 0.1) is 16.8 Å². The zero-order valence-corrected chi connectivity index (χ0v) is 8.13. The summed E-state index contributed by atoms with van der Waals surface area (Å²) < 4.78 is 37.9. The van der Waals surface area contributed by atoms with E-state index in [9.17, 15) is 22.8 Å². The van der Waals surface area contributed by atoms with E-state index in [1.54, 1.807) is 0 Å². The molecule has 6 heteroatoms. The number of hydrogen-bond donors (Lipinski definition) is 0. The van der Waals surface area contributed by atoms with E-state index in [1.807, 2.05) is 0 Å². The Morgan fingerprint density at radius 2 is 1.81 bits per heavy atom. The summed E-state index contributed by atoms with van der Waals surface area (Å²) in [6.07, 6.45) is -4.58. The van der Waals surface area contributed by atoms with E-state index in [0.717, 1.165) is 24.1 Å². The smallest absolute Gasteiger partial charge is 0.307 e. The van der Waals surface area contributed by atoms with Gasteiger partial charge in [-0.15, -0.1) is 0 Å². The minimum atomic E-state index is -4.58. The van der Waals surface area contributed by atoms with E-state index < -0.39 is 23.4 Å². The van der Waals surface area contributed by atoms with Crippen molar-refractivity contribution in [1.82, 2.24) is 0 Å². The number of likely N-dealkylation sites (N-methyl/N-ethyl adjacent to an activating group) is 1. The van der Waals surface area contributed by atoms with Crippen LogP contribution in [0, 0.1) is 0 Å². The maximum Gasteiger partial charge on any atom is 0.418 e. The van der Waals surface area contributed by atoms with Crippen LogP contribution in [-0.4, -0.2) is 18.7 Å². The molecule has 1 aromatic carbocycles. The molecular weight excluding hydrogens is 223 g/mol. The van der Waals surface area contributed by atoms with Crippen LogP contribution in [-0.2, 0) is 11.0 Å². The van der Waals surface area contributed by atoms with Crippen LogP contribution in [0.4, 0.5) is 18.9 Å². The second-order valence-corrected chi connectivity index (χ2v) is 3.39. The lowest BCUT2D eigenvalue weighted by Crippen LogP contribution is -2.26. The molecule has 2 rings (SSSR count). The first-order valence-corrected chi connectivity index (χ1v) is 4.36. The lowest BCUT2D eigenvalue weighted by molar-refractivity contribution is -0.137. The van der Waals surface area contributed by atoms with E-state index in [-0.39, 0.29) is 11.3 Å². The fraction of sp³-hybridized carbons (Fsp3) is 0.200. The van der Waals surface area contributed by atoms with Crippen molar-refractivity contribution in [3.8, 4) is 0 Å². The molecule has 0 N–H and O–H groups in total. The van der Waals surface area contributed by atoms with Gasteiger partial charge in [0.1, 0.15) is 0 Å². The number of Topliss-reactive ketones (excluding diaryl/α,β-unsaturated/α-hetero) is 1. The molecule has 0 bridgehead atoms. The number of benzene rings is 1. The van der Waals surface area contributed by atoms with Crippen molar-refractivity contribution < 1.29 is 22.8 Å². The third-order valence-electron chi connectivity index (χ3n) is 2.42. The molecule has 0 radical (unpaired) electrons. The molecule has 0 fully saturated rings. The summed E-state index contributed by atoms with van der Waals surface area (Å²) in [7, 11) is 1.15. The predicted octanol–water partition coefficient (Wildman–Crippen LogP) is 1.86. The second-order valence-electron chi connectivity index (χ2n) is 3.39. The van der Waals surface area contributed by atoms with Crippen molar-refractivity contribution in [1.29, 1.82) is 0 Å². The molecule has 84 valence electrons. The van der Waals surface area contributed by atoms with Crippen molar-refractivity contribution in [3.05, 3.63) is 29.3 Å². The molecule has 0 aliphatic carbocycles. The molecule has 1 aromatic rings. The third-order valence-corrected chi connectivity index (χ3v) is 2.42. The largest absolute Gasteiger partial charge is 0.418 e. The minimum absolute atomic E-state index is 0.192. The summed E-state index contributed by atoms with van der Waals surface area (Å²) in [5.41, 5.74) is -1.51. The normalized spacial score (nSPS) is 15.6. The zero-order valence-electron chi connectivity index (χ0n) is 8.13. The summed E-state index contributed by atoms with van der Waals surface area (Å²) in [4.78, 5) is 23.3. The number of fused-ring (bicyclic) bond motifs is 1. The maximum atomic E-state index is 12.6. The number of halogens is 3. The number of anilines is 1. The summed E-state index contributed by atoms with van der Waals surface area (Å²) >= 11 is 0. The fourth-order valence-corrected chi connectivity index (χ4v) is 1.69. The average Bonchev–Trinajstić information content (AvgIpc) is 2.43. The highest BCUT2D eigenvalue weighted by atomic mass is 19.4. The number of amides is 1. The van der Waals surface area contributed by atoms with Crippen molar-refractivity contribution >= 4 is 17.4 Å². The number of rotatable bonds is 0. The first-order chi connectivity index (χ1) is 7.34. The third kappa shape index (κ3) is 1.30. The van der Waals surface area contributed by atoms with Crippen molar-refractivity contribution in [3.63, 3.8) is 0 Å². The molecule has 0 saturated heterocycles. The van der Waals surface area contributed by atoms with Gasteiger partial charge >= 0.3 is 6.18 Å². The van der Waals surface area contributed by atoms with Crippen molar-refractivity contribution in [2.45, 2.75) is 6.18 Å². The standard InChI is InChI=1S/C10H6F3NO2/c1-14-7-5(8(15)9(14)16)3-2-4-6(7)10(11,12)13/h2-4H,1H3. The molecule has 1 amide bonds. The first-order valence-electron chi connectivity index (χ1n) is 4.36. The quantitative estimate of drug-likeness (QED) is 0.637. The van der Waals surface area contributed by atoms with Gasteiger partial charge in [-0.3, -0.25) is 9.59 Å². The van der Waals surface area contributed by atoms with Gasteiger partial charge in [0.2, 0.25) is 0 Å². The monoisotopic (exact) mass is 229 g/mol. The summed E-state index contributed by atoms with van der Waals surface area (Å²) in [5, 5.41) is 0. The number of para-hydroxylation sites is 1. The Hall–Kier alpha value is -1.85. The van der Waals surface area contributed by atoms with Crippen LogP contribution in [0.3, 0.4) is 0 Å². The molecule has 3 nitrogen and oxygen atoms in total. The lowest BCUT2D eigenvalue weighted by Gasteiger charge is -2.16. The first kappa shape index (κ1) is 10.7. The number of ketones is 1. The number of nitrogens with zero attached hydrogens (tertiary/aromatic N) is 1. The van der Waals surface area contributed by atoms with Gasteiger partial charge in [-0.2, -0.15) is 13.2 Å². The molecule has 0 unspecified atom stereocenters. The molecule has 1 aliphatic heterocycles. The van der Waals surface area contributed by atoms with Crippen LogP contribution < -0.4 is 4.90 Å². The maximum absolute atomic E-state index is 12.6. The van der Waals surface area contributed by atoms with Crippen molar-refractivity contribution in [2.24, 2.45) is 0 Å². The van der Waals surface area contributed by atoms with Crippen LogP contribution >= 0.6 is 0 Å². The van der Waals surface area contributed by atoms with Gasteiger partial charge in [-0.25, -0.2) is 0 Å². The van der Waals surface area contributed by atoms with E-state index >= 15 is 0 Å².